The summed E-state index contributed by atoms with van der Waals surface area (Å²) in [5, 5.41) is 3.94. The van der Waals surface area contributed by atoms with Crippen LogP contribution < -0.4 is 14.9 Å². The first-order chi connectivity index (χ1) is 10.2. The number of hydrogen-bond donors (Lipinski definition) is 1. The van der Waals surface area contributed by atoms with E-state index >= 15 is 0 Å². The molecular formula is C15H11BrN2O3. The molecule has 1 aliphatic heterocycles. The predicted molar refractivity (Wildman–Crippen MR) is 81.8 cm³/mol. The number of benzene rings is 2. The van der Waals surface area contributed by atoms with E-state index in [0.717, 1.165) is 10.0 Å². The largest absolute Gasteiger partial charge is 0.454 e. The van der Waals surface area contributed by atoms with Crippen molar-refractivity contribution in [2.45, 2.75) is 0 Å². The number of halogens is 1. The minimum Gasteiger partial charge on any atom is -0.454 e. The zero-order valence-electron chi connectivity index (χ0n) is 10.9. The topological polar surface area (TPSA) is 59.9 Å². The zero-order chi connectivity index (χ0) is 14.7. The molecule has 0 saturated carbocycles. The fraction of sp³-hybridized carbons (Fsp3) is 0.0667. The molecule has 5 nitrogen and oxygen atoms in total. The van der Waals surface area contributed by atoms with E-state index in [1.165, 1.54) is 0 Å². The normalized spacial score (nSPS) is 12.6. The molecular weight excluding hydrogens is 336 g/mol. The van der Waals surface area contributed by atoms with Gasteiger partial charge in [0.1, 0.15) is 0 Å². The Kier molecular flexibility index (Phi) is 3.87. The molecule has 0 atom stereocenters. The van der Waals surface area contributed by atoms with E-state index in [0.29, 0.717) is 17.1 Å². The van der Waals surface area contributed by atoms with Gasteiger partial charge in [0.2, 0.25) is 6.79 Å². The Morgan fingerprint density at radius 3 is 2.86 bits per heavy atom. The Morgan fingerprint density at radius 2 is 2.00 bits per heavy atom. The maximum Gasteiger partial charge on any atom is 0.272 e. The average molecular weight is 347 g/mol. The number of carbonyl (C=O) groups is 1. The van der Waals surface area contributed by atoms with Gasteiger partial charge in [-0.2, -0.15) is 5.10 Å². The molecule has 21 heavy (non-hydrogen) atoms. The highest BCUT2D eigenvalue weighted by molar-refractivity contribution is 9.10. The van der Waals surface area contributed by atoms with Crippen LogP contribution >= 0.6 is 15.9 Å². The van der Waals surface area contributed by atoms with Crippen LogP contribution in [-0.2, 0) is 0 Å². The molecule has 1 aliphatic rings. The van der Waals surface area contributed by atoms with Gasteiger partial charge in [0.25, 0.3) is 5.91 Å². The number of hydrogen-bond acceptors (Lipinski definition) is 4. The minimum absolute atomic E-state index is 0.231. The van der Waals surface area contributed by atoms with Gasteiger partial charge >= 0.3 is 0 Å². The van der Waals surface area contributed by atoms with Crippen molar-refractivity contribution in [1.29, 1.82) is 0 Å². The van der Waals surface area contributed by atoms with E-state index in [4.69, 9.17) is 9.47 Å². The van der Waals surface area contributed by atoms with Crippen molar-refractivity contribution < 1.29 is 14.3 Å². The molecule has 6 heteroatoms. The summed E-state index contributed by atoms with van der Waals surface area (Å²) in [7, 11) is 0. The molecule has 1 heterocycles. The molecule has 0 radical (unpaired) electrons. The molecule has 0 spiro atoms. The third kappa shape index (κ3) is 3.05. The fourth-order valence-corrected chi connectivity index (χ4v) is 2.33. The Bertz CT molecular complexity index is 716. The maximum atomic E-state index is 11.9. The van der Waals surface area contributed by atoms with Crippen molar-refractivity contribution in [2.75, 3.05) is 6.79 Å². The average Bonchev–Trinajstić information content (AvgIpc) is 2.95. The maximum absolute atomic E-state index is 11.9. The first-order valence-electron chi connectivity index (χ1n) is 6.21. The summed E-state index contributed by atoms with van der Waals surface area (Å²) >= 11 is 3.32. The third-order valence-electron chi connectivity index (χ3n) is 2.89. The predicted octanol–water partition coefficient (Wildman–Crippen LogP) is 2.94. The van der Waals surface area contributed by atoms with Crippen LogP contribution in [0.4, 0.5) is 0 Å². The highest BCUT2D eigenvalue weighted by Gasteiger charge is 2.12. The second kappa shape index (κ2) is 5.97. The van der Waals surface area contributed by atoms with Crippen molar-refractivity contribution in [1.82, 2.24) is 5.43 Å². The molecule has 1 amide bonds. The van der Waals surface area contributed by atoms with Crippen molar-refractivity contribution in [3.8, 4) is 11.5 Å². The molecule has 1 N–H and O–H groups in total. The van der Waals surface area contributed by atoms with Gasteiger partial charge in [-0.25, -0.2) is 5.43 Å². The standard InChI is InChI=1S/C15H11BrN2O3/c16-12-4-2-1-3-11(12)15(19)18-17-8-10-5-6-13-14(7-10)21-9-20-13/h1-8H,9H2,(H,18,19). The van der Waals surface area contributed by atoms with Crippen LogP contribution in [0.15, 0.2) is 52.0 Å². The van der Waals surface area contributed by atoms with Crippen LogP contribution in [-0.4, -0.2) is 18.9 Å². The Morgan fingerprint density at radius 1 is 1.19 bits per heavy atom. The van der Waals surface area contributed by atoms with E-state index in [1.807, 2.05) is 12.1 Å². The van der Waals surface area contributed by atoms with Crippen LogP contribution in [0, 0.1) is 0 Å². The van der Waals surface area contributed by atoms with Gasteiger partial charge in [0.15, 0.2) is 11.5 Å². The number of rotatable bonds is 3. The molecule has 0 fully saturated rings. The van der Waals surface area contributed by atoms with Crippen LogP contribution in [0.5, 0.6) is 11.5 Å². The number of carbonyl (C=O) groups excluding carboxylic acids is 1. The van der Waals surface area contributed by atoms with Crippen molar-refractivity contribution in [3.05, 3.63) is 58.1 Å². The van der Waals surface area contributed by atoms with Gasteiger partial charge in [-0.1, -0.05) is 12.1 Å². The second-order valence-electron chi connectivity index (χ2n) is 4.29. The summed E-state index contributed by atoms with van der Waals surface area (Å²) in [6.45, 7) is 0.231. The molecule has 2 aromatic carbocycles. The number of nitrogens with one attached hydrogen (secondary N) is 1. The van der Waals surface area contributed by atoms with Gasteiger partial charge in [-0.3, -0.25) is 4.79 Å². The number of hydrazone groups is 1. The summed E-state index contributed by atoms with van der Waals surface area (Å²) in [6.07, 6.45) is 1.55. The second-order valence-corrected chi connectivity index (χ2v) is 5.15. The summed E-state index contributed by atoms with van der Waals surface area (Å²) in [4.78, 5) is 11.9. The van der Waals surface area contributed by atoms with Crippen LogP contribution in [0.2, 0.25) is 0 Å². The Balaban J connectivity index is 1.67. The summed E-state index contributed by atoms with van der Waals surface area (Å²) in [6, 6.07) is 12.6. The number of fused-ring (bicyclic) bond motifs is 1. The molecule has 0 unspecified atom stereocenters. The van der Waals surface area contributed by atoms with E-state index < -0.39 is 0 Å². The molecule has 2 aromatic rings. The summed E-state index contributed by atoms with van der Waals surface area (Å²) in [5.41, 5.74) is 3.82. The lowest BCUT2D eigenvalue weighted by Gasteiger charge is -2.02. The summed E-state index contributed by atoms with van der Waals surface area (Å²) in [5.74, 6) is 1.11. The first-order valence-corrected chi connectivity index (χ1v) is 7.01. The SMILES string of the molecule is O=C(NN=Cc1ccc2c(c1)OCO2)c1ccccc1Br. The Labute approximate surface area is 129 Å². The van der Waals surface area contributed by atoms with E-state index in [-0.39, 0.29) is 12.7 Å². The quantitative estimate of drug-likeness (QED) is 0.686. The van der Waals surface area contributed by atoms with E-state index in [9.17, 15) is 4.79 Å². The fourth-order valence-electron chi connectivity index (χ4n) is 1.86. The molecule has 3 rings (SSSR count). The molecule has 0 bridgehead atoms. The minimum atomic E-state index is -0.278. The van der Waals surface area contributed by atoms with Gasteiger partial charge < -0.3 is 9.47 Å². The van der Waals surface area contributed by atoms with Crippen LogP contribution in [0.3, 0.4) is 0 Å². The van der Waals surface area contributed by atoms with E-state index in [2.05, 4.69) is 26.5 Å². The Hall–Kier alpha value is -2.34. The zero-order valence-corrected chi connectivity index (χ0v) is 12.5. The van der Waals surface area contributed by atoms with Gasteiger partial charge in [0, 0.05) is 4.47 Å². The highest BCUT2D eigenvalue weighted by atomic mass is 79.9. The summed E-state index contributed by atoms with van der Waals surface area (Å²) < 4.78 is 11.2. The van der Waals surface area contributed by atoms with Gasteiger partial charge in [-0.15, -0.1) is 0 Å². The highest BCUT2D eigenvalue weighted by Crippen LogP contribution is 2.31. The molecule has 0 aromatic heterocycles. The first kappa shape index (κ1) is 13.6. The van der Waals surface area contributed by atoms with Crippen molar-refractivity contribution in [2.24, 2.45) is 5.10 Å². The van der Waals surface area contributed by atoms with Crippen LogP contribution in [0.25, 0.3) is 0 Å². The lowest BCUT2D eigenvalue weighted by Crippen LogP contribution is -2.18. The van der Waals surface area contributed by atoms with Crippen LogP contribution in [0.1, 0.15) is 15.9 Å². The third-order valence-corrected chi connectivity index (χ3v) is 3.59. The van der Waals surface area contributed by atoms with Gasteiger partial charge in [-0.05, 0) is 51.8 Å². The molecule has 0 saturated heterocycles. The lowest BCUT2D eigenvalue weighted by atomic mass is 10.2. The van der Waals surface area contributed by atoms with Crippen molar-refractivity contribution in [3.63, 3.8) is 0 Å². The number of ether oxygens (including phenoxy) is 2. The van der Waals surface area contributed by atoms with Crippen molar-refractivity contribution >= 4 is 28.1 Å². The molecule has 106 valence electrons. The van der Waals surface area contributed by atoms with Gasteiger partial charge in [0.05, 0.1) is 11.8 Å². The number of amides is 1. The number of nitrogens with zero attached hydrogens (tertiary/aromatic N) is 1. The smallest absolute Gasteiger partial charge is 0.272 e. The van der Waals surface area contributed by atoms with E-state index in [1.54, 1.807) is 36.5 Å². The monoisotopic (exact) mass is 346 g/mol. The molecule has 0 aliphatic carbocycles. The lowest BCUT2D eigenvalue weighted by molar-refractivity contribution is 0.0954.